The average molecular weight is 396 g/mol. The molecule has 2 aromatic heterocycles. The minimum Gasteiger partial charge on any atom is -0.478 e. The molecule has 2 unspecified atom stereocenters. The van der Waals surface area contributed by atoms with Crippen LogP contribution in [0.1, 0.15) is 47.4 Å². The minimum atomic E-state index is -0.946. The first kappa shape index (κ1) is 19.6. The standard InChI is InChI=1S/C26H24N2O2/c1-2-22(20-8-4-3-5-9-20)26(23-18-27-28-17-7-6-10-24(23)28)21-14-11-19(12-15-21)13-16-25(29)30/h3-18,22,26H,2H2,1H3,(H,29,30)/b16-13+. The van der Waals surface area contributed by atoms with E-state index in [2.05, 4.69) is 54.5 Å². The molecule has 0 radical (unpaired) electrons. The molecular formula is C26H24N2O2. The van der Waals surface area contributed by atoms with Crippen molar-refractivity contribution >= 4 is 17.6 Å². The zero-order valence-electron chi connectivity index (χ0n) is 16.8. The molecule has 0 aliphatic rings. The molecule has 0 saturated carbocycles. The lowest BCUT2D eigenvalue weighted by molar-refractivity contribution is -0.131. The number of pyridine rings is 1. The van der Waals surface area contributed by atoms with Crippen molar-refractivity contribution in [3.05, 3.63) is 114 Å². The van der Waals surface area contributed by atoms with Gasteiger partial charge in [-0.25, -0.2) is 9.31 Å². The molecule has 4 nitrogen and oxygen atoms in total. The van der Waals surface area contributed by atoms with Crippen LogP contribution < -0.4 is 0 Å². The summed E-state index contributed by atoms with van der Waals surface area (Å²) in [5, 5.41) is 13.5. The van der Waals surface area contributed by atoms with Gasteiger partial charge in [-0.05, 0) is 47.2 Å². The lowest BCUT2D eigenvalue weighted by Crippen LogP contribution is -2.12. The number of rotatable bonds is 7. The van der Waals surface area contributed by atoms with Gasteiger partial charge < -0.3 is 5.11 Å². The van der Waals surface area contributed by atoms with Gasteiger partial charge in [0.25, 0.3) is 0 Å². The summed E-state index contributed by atoms with van der Waals surface area (Å²) in [6, 6.07) is 24.9. The van der Waals surface area contributed by atoms with Crippen LogP contribution >= 0.6 is 0 Å². The molecule has 0 aliphatic carbocycles. The number of hydrogen-bond donors (Lipinski definition) is 1. The maximum Gasteiger partial charge on any atom is 0.328 e. The molecule has 2 aromatic carbocycles. The largest absolute Gasteiger partial charge is 0.478 e. The van der Waals surface area contributed by atoms with Gasteiger partial charge in [0.15, 0.2) is 0 Å². The molecule has 0 spiro atoms. The van der Waals surface area contributed by atoms with E-state index in [1.54, 1.807) is 6.08 Å². The molecule has 0 fully saturated rings. The Kier molecular flexibility index (Phi) is 5.75. The van der Waals surface area contributed by atoms with Crippen LogP contribution in [-0.2, 0) is 4.79 Å². The summed E-state index contributed by atoms with van der Waals surface area (Å²) in [4.78, 5) is 10.8. The average Bonchev–Trinajstić information content (AvgIpc) is 3.21. The number of aliphatic carboxylic acids is 1. The topological polar surface area (TPSA) is 54.6 Å². The van der Waals surface area contributed by atoms with Crippen LogP contribution in [-0.4, -0.2) is 20.7 Å². The summed E-state index contributed by atoms with van der Waals surface area (Å²) in [6.07, 6.45) is 7.71. The molecule has 4 heteroatoms. The van der Waals surface area contributed by atoms with Gasteiger partial charge in [0.2, 0.25) is 0 Å². The van der Waals surface area contributed by atoms with E-state index in [1.165, 1.54) is 16.7 Å². The second-order valence-electron chi connectivity index (χ2n) is 7.37. The van der Waals surface area contributed by atoms with E-state index in [0.29, 0.717) is 5.92 Å². The van der Waals surface area contributed by atoms with Gasteiger partial charge in [-0.15, -0.1) is 0 Å². The molecule has 30 heavy (non-hydrogen) atoms. The van der Waals surface area contributed by atoms with Crippen molar-refractivity contribution in [2.75, 3.05) is 0 Å². The van der Waals surface area contributed by atoms with E-state index in [1.807, 2.05) is 47.2 Å². The second-order valence-corrected chi connectivity index (χ2v) is 7.37. The van der Waals surface area contributed by atoms with E-state index in [4.69, 9.17) is 5.11 Å². The summed E-state index contributed by atoms with van der Waals surface area (Å²) >= 11 is 0. The SMILES string of the molecule is CCC(c1ccccc1)C(c1ccc(/C=C/C(=O)O)cc1)c1cnn2ccccc12. The Labute approximate surface area is 176 Å². The number of aromatic nitrogens is 2. The highest BCUT2D eigenvalue weighted by atomic mass is 16.4. The van der Waals surface area contributed by atoms with Gasteiger partial charge in [-0.3, -0.25) is 0 Å². The number of hydrogen-bond acceptors (Lipinski definition) is 2. The van der Waals surface area contributed by atoms with Crippen molar-refractivity contribution in [1.82, 2.24) is 9.61 Å². The van der Waals surface area contributed by atoms with Gasteiger partial charge >= 0.3 is 5.97 Å². The Morgan fingerprint density at radius 3 is 2.43 bits per heavy atom. The third-order valence-corrected chi connectivity index (χ3v) is 5.58. The normalized spacial score (nSPS) is 13.5. The fraction of sp³-hybridized carbons (Fsp3) is 0.154. The summed E-state index contributed by atoms with van der Waals surface area (Å²) in [5.41, 5.74) is 5.66. The zero-order chi connectivity index (χ0) is 20.9. The summed E-state index contributed by atoms with van der Waals surface area (Å²) in [7, 11) is 0. The molecule has 1 N–H and O–H groups in total. The smallest absolute Gasteiger partial charge is 0.328 e. The van der Waals surface area contributed by atoms with Gasteiger partial charge in [-0.2, -0.15) is 5.10 Å². The molecule has 0 saturated heterocycles. The number of nitrogens with zero attached hydrogens (tertiary/aromatic N) is 2. The zero-order valence-corrected chi connectivity index (χ0v) is 16.8. The van der Waals surface area contributed by atoms with E-state index in [9.17, 15) is 4.79 Å². The highest BCUT2D eigenvalue weighted by molar-refractivity contribution is 5.85. The second kappa shape index (κ2) is 8.78. The van der Waals surface area contributed by atoms with Crippen LogP contribution in [0.25, 0.3) is 11.6 Å². The Morgan fingerprint density at radius 1 is 1.00 bits per heavy atom. The molecule has 0 bridgehead atoms. The molecule has 0 amide bonds. The van der Waals surface area contributed by atoms with Crippen LogP contribution in [0.5, 0.6) is 0 Å². The van der Waals surface area contributed by atoms with Crippen molar-refractivity contribution in [3.63, 3.8) is 0 Å². The van der Waals surface area contributed by atoms with Gasteiger partial charge in [0.05, 0.1) is 11.7 Å². The van der Waals surface area contributed by atoms with Gasteiger partial charge in [0, 0.05) is 23.8 Å². The molecule has 2 atom stereocenters. The van der Waals surface area contributed by atoms with E-state index < -0.39 is 5.97 Å². The lowest BCUT2D eigenvalue weighted by Gasteiger charge is -2.27. The molecule has 0 aliphatic heterocycles. The molecule has 4 aromatic rings. The monoisotopic (exact) mass is 396 g/mol. The van der Waals surface area contributed by atoms with Gasteiger partial charge in [-0.1, -0.05) is 67.6 Å². The fourth-order valence-electron chi connectivity index (χ4n) is 4.17. The van der Waals surface area contributed by atoms with Crippen molar-refractivity contribution in [1.29, 1.82) is 0 Å². The highest BCUT2D eigenvalue weighted by Crippen LogP contribution is 2.42. The molecule has 4 rings (SSSR count). The highest BCUT2D eigenvalue weighted by Gasteiger charge is 2.27. The Bertz CT molecular complexity index is 1160. The van der Waals surface area contributed by atoms with E-state index in [-0.39, 0.29) is 5.92 Å². The molecule has 150 valence electrons. The van der Waals surface area contributed by atoms with Crippen molar-refractivity contribution in [3.8, 4) is 0 Å². The van der Waals surface area contributed by atoms with Gasteiger partial charge in [0.1, 0.15) is 0 Å². The van der Waals surface area contributed by atoms with Crippen molar-refractivity contribution < 1.29 is 9.90 Å². The number of carboxylic acids is 1. The summed E-state index contributed by atoms with van der Waals surface area (Å²) in [6.45, 7) is 2.22. The maximum atomic E-state index is 10.8. The predicted molar refractivity (Wildman–Crippen MR) is 120 cm³/mol. The van der Waals surface area contributed by atoms with Crippen molar-refractivity contribution in [2.45, 2.75) is 25.2 Å². The number of carboxylic acid groups (broad SMARTS) is 1. The molecule has 2 heterocycles. The number of carbonyl (C=O) groups is 1. The Morgan fingerprint density at radius 2 is 1.73 bits per heavy atom. The van der Waals surface area contributed by atoms with Crippen molar-refractivity contribution in [2.24, 2.45) is 0 Å². The van der Waals surface area contributed by atoms with Crippen LogP contribution in [0.15, 0.2) is 91.3 Å². The third kappa shape index (κ3) is 4.03. The Hall–Kier alpha value is -3.66. The molecular weight excluding hydrogens is 372 g/mol. The maximum absolute atomic E-state index is 10.8. The first-order chi connectivity index (χ1) is 14.7. The van der Waals surface area contributed by atoms with Crippen LogP contribution in [0.4, 0.5) is 0 Å². The van der Waals surface area contributed by atoms with Crippen LogP contribution in [0, 0.1) is 0 Å². The minimum absolute atomic E-state index is 0.134. The number of benzene rings is 2. The number of fused-ring (bicyclic) bond motifs is 1. The third-order valence-electron chi connectivity index (χ3n) is 5.58. The summed E-state index contributed by atoms with van der Waals surface area (Å²) in [5.74, 6) is -0.520. The first-order valence-corrected chi connectivity index (χ1v) is 10.2. The van der Waals surface area contributed by atoms with Crippen LogP contribution in [0.2, 0.25) is 0 Å². The predicted octanol–water partition coefficient (Wildman–Crippen LogP) is 5.76. The summed E-state index contributed by atoms with van der Waals surface area (Å²) < 4.78 is 1.92. The fourth-order valence-corrected chi connectivity index (χ4v) is 4.17. The Balaban J connectivity index is 1.82. The van der Waals surface area contributed by atoms with E-state index in [0.717, 1.165) is 23.6 Å². The van der Waals surface area contributed by atoms with Crippen LogP contribution in [0.3, 0.4) is 0 Å². The lowest BCUT2D eigenvalue weighted by atomic mass is 9.76. The quantitative estimate of drug-likeness (QED) is 0.404. The van der Waals surface area contributed by atoms with E-state index >= 15 is 0 Å². The first-order valence-electron chi connectivity index (χ1n) is 10.2.